The summed E-state index contributed by atoms with van der Waals surface area (Å²) in [6, 6.07) is 1.97. The lowest BCUT2D eigenvalue weighted by atomic mass is 9.79. The highest BCUT2D eigenvalue weighted by Crippen LogP contribution is 2.41. The van der Waals surface area contributed by atoms with Crippen LogP contribution in [0.25, 0.3) is 0 Å². The molecule has 0 aliphatic heterocycles. The SMILES string of the molecule is CCS[C@H]1CC[C@]1(O)CNc1cc(C)nc(C2CC2)n1. The van der Waals surface area contributed by atoms with E-state index in [4.69, 9.17) is 0 Å². The van der Waals surface area contributed by atoms with Gasteiger partial charge in [-0.25, -0.2) is 9.97 Å². The number of hydrogen-bond acceptors (Lipinski definition) is 5. The van der Waals surface area contributed by atoms with Crippen LogP contribution < -0.4 is 5.32 Å². The highest BCUT2D eigenvalue weighted by molar-refractivity contribution is 8.00. The highest BCUT2D eigenvalue weighted by atomic mass is 32.2. The van der Waals surface area contributed by atoms with Gasteiger partial charge < -0.3 is 10.4 Å². The summed E-state index contributed by atoms with van der Waals surface area (Å²) in [6.07, 6.45) is 4.42. The Bertz CT molecular complexity index is 492. The first-order valence-electron chi connectivity index (χ1n) is 7.54. The van der Waals surface area contributed by atoms with Crippen molar-refractivity contribution in [1.82, 2.24) is 9.97 Å². The Kier molecular flexibility index (Phi) is 3.91. The molecule has 2 fully saturated rings. The molecule has 2 atom stereocenters. The zero-order valence-electron chi connectivity index (χ0n) is 12.2. The van der Waals surface area contributed by atoms with Crippen LogP contribution >= 0.6 is 11.8 Å². The van der Waals surface area contributed by atoms with Gasteiger partial charge in [0.25, 0.3) is 0 Å². The Morgan fingerprint density at radius 3 is 2.80 bits per heavy atom. The van der Waals surface area contributed by atoms with E-state index in [1.807, 2.05) is 24.8 Å². The van der Waals surface area contributed by atoms with E-state index < -0.39 is 5.60 Å². The highest BCUT2D eigenvalue weighted by Gasteiger charge is 2.45. The normalized spacial score (nSPS) is 29.1. The molecular weight excluding hydrogens is 270 g/mol. The van der Waals surface area contributed by atoms with Crippen LogP contribution in [-0.4, -0.2) is 38.2 Å². The van der Waals surface area contributed by atoms with Gasteiger partial charge >= 0.3 is 0 Å². The molecule has 1 aromatic rings. The standard InChI is InChI=1S/C15H23N3OS/c1-3-20-12-6-7-15(12,19)9-16-13-8-10(2)17-14(18-13)11-4-5-11/h8,11-12,19H,3-7,9H2,1-2H3,(H,16,17,18)/t12-,15-/m0/s1. The third-order valence-electron chi connectivity index (χ3n) is 4.20. The first kappa shape index (κ1) is 14.1. The van der Waals surface area contributed by atoms with Crippen molar-refractivity contribution >= 4 is 17.6 Å². The van der Waals surface area contributed by atoms with E-state index in [-0.39, 0.29) is 0 Å². The van der Waals surface area contributed by atoms with Gasteiger partial charge in [0.15, 0.2) is 0 Å². The molecule has 2 aliphatic carbocycles. The fourth-order valence-corrected chi connectivity index (χ4v) is 3.89. The lowest BCUT2D eigenvalue weighted by Gasteiger charge is -2.45. The Hall–Kier alpha value is -0.810. The maximum atomic E-state index is 10.6. The Balaban J connectivity index is 1.63. The third kappa shape index (κ3) is 2.93. The summed E-state index contributed by atoms with van der Waals surface area (Å²) in [7, 11) is 0. The Morgan fingerprint density at radius 2 is 2.20 bits per heavy atom. The van der Waals surface area contributed by atoms with Gasteiger partial charge in [-0.05, 0) is 38.4 Å². The van der Waals surface area contributed by atoms with Crippen molar-refractivity contribution in [1.29, 1.82) is 0 Å². The molecule has 1 heterocycles. The zero-order chi connectivity index (χ0) is 14.2. The molecule has 0 unspecified atom stereocenters. The van der Waals surface area contributed by atoms with Gasteiger partial charge in [-0.1, -0.05) is 6.92 Å². The molecular formula is C15H23N3OS. The van der Waals surface area contributed by atoms with Crippen molar-refractivity contribution in [2.75, 3.05) is 17.6 Å². The number of aryl methyl sites for hydroxylation is 1. The van der Waals surface area contributed by atoms with E-state index >= 15 is 0 Å². The van der Waals surface area contributed by atoms with Crippen molar-refractivity contribution in [2.24, 2.45) is 0 Å². The number of nitrogens with one attached hydrogen (secondary N) is 1. The van der Waals surface area contributed by atoms with E-state index in [1.54, 1.807) is 0 Å². The van der Waals surface area contributed by atoms with Crippen LogP contribution in [-0.2, 0) is 0 Å². The average Bonchev–Trinajstić information content (AvgIpc) is 3.25. The lowest BCUT2D eigenvalue weighted by Crippen LogP contribution is -2.54. The zero-order valence-corrected chi connectivity index (χ0v) is 13.0. The van der Waals surface area contributed by atoms with Crippen LogP contribution in [0.2, 0.25) is 0 Å². The molecule has 0 radical (unpaired) electrons. The minimum absolute atomic E-state index is 0.367. The third-order valence-corrected chi connectivity index (χ3v) is 5.61. The summed E-state index contributed by atoms with van der Waals surface area (Å²) < 4.78 is 0. The van der Waals surface area contributed by atoms with Crippen LogP contribution in [0.1, 0.15) is 50.0 Å². The quantitative estimate of drug-likeness (QED) is 0.844. The topological polar surface area (TPSA) is 58.0 Å². The molecule has 0 saturated heterocycles. The maximum absolute atomic E-state index is 10.6. The second-order valence-electron chi connectivity index (χ2n) is 5.97. The molecule has 110 valence electrons. The van der Waals surface area contributed by atoms with Crippen LogP contribution in [0.4, 0.5) is 5.82 Å². The molecule has 5 heteroatoms. The van der Waals surface area contributed by atoms with Gasteiger partial charge in [-0.2, -0.15) is 11.8 Å². The van der Waals surface area contributed by atoms with Crippen molar-refractivity contribution < 1.29 is 5.11 Å². The molecule has 4 nitrogen and oxygen atoms in total. The minimum atomic E-state index is -0.570. The summed E-state index contributed by atoms with van der Waals surface area (Å²) in [5.74, 6) is 3.45. The van der Waals surface area contributed by atoms with E-state index in [0.29, 0.717) is 17.7 Å². The van der Waals surface area contributed by atoms with E-state index in [0.717, 1.165) is 35.9 Å². The Morgan fingerprint density at radius 1 is 1.40 bits per heavy atom. The van der Waals surface area contributed by atoms with Crippen molar-refractivity contribution in [3.05, 3.63) is 17.6 Å². The van der Waals surface area contributed by atoms with Gasteiger partial charge in [-0.3, -0.25) is 0 Å². The van der Waals surface area contributed by atoms with Crippen LogP contribution in [0.3, 0.4) is 0 Å². The van der Waals surface area contributed by atoms with Crippen LogP contribution in [0.15, 0.2) is 6.07 Å². The molecule has 2 aliphatic rings. The van der Waals surface area contributed by atoms with Gasteiger partial charge in [-0.15, -0.1) is 0 Å². The predicted molar refractivity (Wildman–Crippen MR) is 83.3 cm³/mol. The van der Waals surface area contributed by atoms with Crippen LogP contribution in [0, 0.1) is 6.92 Å². The van der Waals surface area contributed by atoms with Crippen LogP contribution in [0.5, 0.6) is 0 Å². The number of anilines is 1. The molecule has 20 heavy (non-hydrogen) atoms. The van der Waals surface area contributed by atoms with E-state index in [9.17, 15) is 5.11 Å². The Labute approximate surface area is 124 Å². The lowest BCUT2D eigenvalue weighted by molar-refractivity contribution is -0.0120. The van der Waals surface area contributed by atoms with Gasteiger partial charge in [0.2, 0.25) is 0 Å². The second-order valence-corrected chi connectivity index (χ2v) is 7.45. The molecule has 3 rings (SSSR count). The molecule has 1 aromatic heterocycles. The van der Waals surface area contributed by atoms with Crippen molar-refractivity contribution in [2.45, 2.75) is 56.3 Å². The predicted octanol–water partition coefficient (Wildman–Crippen LogP) is 2.72. The minimum Gasteiger partial charge on any atom is -0.387 e. The van der Waals surface area contributed by atoms with E-state index in [2.05, 4.69) is 22.2 Å². The van der Waals surface area contributed by atoms with Gasteiger partial charge in [0.1, 0.15) is 11.6 Å². The second kappa shape index (κ2) is 5.53. The summed E-state index contributed by atoms with van der Waals surface area (Å²) >= 11 is 1.86. The molecule has 2 N–H and O–H groups in total. The molecule has 0 bridgehead atoms. The van der Waals surface area contributed by atoms with E-state index in [1.165, 1.54) is 12.8 Å². The van der Waals surface area contributed by atoms with Gasteiger partial charge in [0, 0.05) is 29.5 Å². The summed E-state index contributed by atoms with van der Waals surface area (Å²) in [5.41, 5.74) is 0.434. The number of aromatic nitrogens is 2. The number of thioether (sulfide) groups is 1. The number of aliphatic hydroxyl groups is 1. The maximum Gasteiger partial charge on any atom is 0.134 e. The van der Waals surface area contributed by atoms with Crippen molar-refractivity contribution in [3.8, 4) is 0 Å². The largest absolute Gasteiger partial charge is 0.387 e. The summed E-state index contributed by atoms with van der Waals surface area (Å²) in [4.78, 5) is 9.09. The molecule has 0 aromatic carbocycles. The first-order valence-corrected chi connectivity index (χ1v) is 8.59. The molecule has 0 spiro atoms. The number of nitrogens with zero attached hydrogens (tertiary/aromatic N) is 2. The smallest absolute Gasteiger partial charge is 0.134 e. The molecule has 0 amide bonds. The van der Waals surface area contributed by atoms with Gasteiger partial charge in [0.05, 0.1) is 5.60 Å². The first-order chi connectivity index (χ1) is 9.60. The number of hydrogen-bond donors (Lipinski definition) is 2. The van der Waals surface area contributed by atoms with Crippen molar-refractivity contribution in [3.63, 3.8) is 0 Å². The fraction of sp³-hybridized carbons (Fsp3) is 0.733. The average molecular weight is 293 g/mol. The summed E-state index contributed by atoms with van der Waals surface area (Å²) in [6.45, 7) is 4.74. The number of rotatable bonds is 6. The molecule has 2 saturated carbocycles. The fourth-order valence-electron chi connectivity index (χ4n) is 2.69. The summed E-state index contributed by atoms with van der Waals surface area (Å²) in [5, 5.41) is 14.3. The monoisotopic (exact) mass is 293 g/mol.